The van der Waals surface area contributed by atoms with E-state index < -0.39 is 0 Å². The first-order chi connectivity index (χ1) is 12.6. The first-order valence-corrected chi connectivity index (χ1v) is 9.31. The Bertz CT molecular complexity index is 877. The van der Waals surface area contributed by atoms with Crippen molar-refractivity contribution in [1.29, 1.82) is 0 Å². The van der Waals surface area contributed by atoms with E-state index in [2.05, 4.69) is 10.3 Å². The summed E-state index contributed by atoms with van der Waals surface area (Å²) in [5, 5.41) is 2.89. The van der Waals surface area contributed by atoms with Gasteiger partial charge in [0, 0.05) is 25.8 Å². The number of amides is 1. The maximum absolute atomic E-state index is 12.9. The Labute approximate surface area is 152 Å². The maximum atomic E-state index is 12.9. The van der Waals surface area contributed by atoms with Crippen molar-refractivity contribution in [1.82, 2.24) is 14.1 Å². The number of pyridine rings is 1. The van der Waals surface area contributed by atoms with Crippen LogP contribution in [-0.4, -0.2) is 32.7 Å². The van der Waals surface area contributed by atoms with E-state index in [1.165, 1.54) is 0 Å². The Morgan fingerprint density at radius 3 is 3.08 bits per heavy atom. The SMILES string of the molecule is Cc1ccn(CC2CCCO2)c(=O)c1C(=O)Nc1cnc2n1CCCC2. The Balaban J connectivity index is 1.59. The molecular formula is C19H24N4O3. The highest BCUT2D eigenvalue weighted by Gasteiger charge is 2.22. The highest BCUT2D eigenvalue weighted by atomic mass is 16.5. The lowest BCUT2D eigenvalue weighted by molar-refractivity contribution is 0.0952. The van der Waals surface area contributed by atoms with Crippen LogP contribution < -0.4 is 10.9 Å². The molecule has 7 nitrogen and oxygen atoms in total. The van der Waals surface area contributed by atoms with Crippen LogP contribution in [0.4, 0.5) is 5.82 Å². The number of fused-ring (bicyclic) bond motifs is 1. The molecule has 2 aromatic rings. The van der Waals surface area contributed by atoms with Crippen molar-refractivity contribution in [2.75, 3.05) is 11.9 Å². The number of carbonyl (C=O) groups is 1. The molecular weight excluding hydrogens is 332 g/mol. The summed E-state index contributed by atoms with van der Waals surface area (Å²) in [6, 6.07) is 1.82. The van der Waals surface area contributed by atoms with Crippen LogP contribution in [0.15, 0.2) is 23.3 Å². The number of anilines is 1. The van der Waals surface area contributed by atoms with Gasteiger partial charge in [0.25, 0.3) is 11.5 Å². The average Bonchev–Trinajstić information content (AvgIpc) is 3.28. The lowest BCUT2D eigenvalue weighted by Gasteiger charge is -2.17. The number of hydrogen-bond acceptors (Lipinski definition) is 4. The molecule has 2 aliphatic rings. The average molecular weight is 356 g/mol. The van der Waals surface area contributed by atoms with Gasteiger partial charge in [-0.1, -0.05) is 0 Å². The van der Waals surface area contributed by atoms with Gasteiger partial charge >= 0.3 is 0 Å². The molecule has 1 atom stereocenters. The van der Waals surface area contributed by atoms with E-state index in [1.54, 1.807) is 23.9 Å². The molecule has 2 aromatic heterocycles. The minimum Gasteiger partial charge on any atom is -0.376 e. The van der Waals surface area contributed by atoms with Crippen LogP contribution in [0.5, 0.6) is 0 Å². The zero-order chi connectivity index (χ0) is 18.1. The second-order valence-electron chi connectivity index (χ2n) is 7.09. The van der Waals surface area contributed by atoms with Gasteiger partial charge in [-0.05, 0) is 44.2 Å². The third-order valence-electron chi connectivity index (χ3n) is 5.24. The zero-order valence-electron chi connectivity index (χ0n) is 15.0. The number of rotatable bonds is 4. The van der Waals surface area contributed by atoms with Crippen molar-refractivity contribution in [3.63, 3.8) is 0 Å². The molecule has 0 bridgehead atoms. The van der Waals surface area contributed by atoms with E-state index in [0.29, 0.717) is 17.9 Å². The quantitative estimate of drug-likeness (QED) is 0.910. The largest absolute Gasteiger partial charge is 0.376 e. The number of nitrogens with zero attached hydrogens (tertiary/aromatic N) is 3. The molecule has 7 heteroatoms. The zero-order valence-corrected chi connectivity index (χ0v) is 15.0. The summed E-state index contributed by atoms with van der Waals surface area (Å²) in [6.45, 7) is 3.87. The molecule has 1 saturated heterocycles. The van der Waals surface area contributed by atoms with Gasteiger partial charge in [0.05, 0.1) is 18.8 Å². The Kier molecular flexibility index (Phi) is 4.63. The van der Waals surface area contributed by atoms with Crippen LogP contribution in [0.1, 0.15) is 47.4 Å². The molecule has 2 aliphatic heterocycles. The first kappa shape index (κ1) is 17.0. The van der Waals surface area contributed by atoms with E-state index in [4.69, 9.17) is 4.74 Å². The molecule has 1 amide bonds. The Hall–Kier alpha value is -2.41. The maximum Gasteiger partial charge on any atom is 0.263 e. The second-order valence-corrected chi connectivity index (χ2v) is 7.09. The molecule has 0 spiro atoms. The van der Waals surface area contributed by atoms with Crippen molar-refractivity contribution in [3.8, 4) is 0 Å². The summed E-state index contributed by atoms with van der Waals surface area (Å²) in [6.07, 6.45) is 8.57. The number of nitrogens with one attached hydrogen (secondary N) is 1. The highest BCUT2D eigenvalue weighted by Crippen LogP contribution is 2.20. The standard InChI is InChI=1S/C19H24N4O3/c1-13-7-9-22(12-14-5-4-10-26-14)19(25)17(13)18(24)21-16-11-20-15-6-2-3-8-23(15)16/h7,9,11,14H,2-6,8,10,12H2,1H3,(H,21,24). The van der Waals surface area contributed by atoms with Gasteiger partial charge in [-0.2, -0.15) is 0 Å². The summed E-state index contributed by atoms with van der Waals surface area (Å²) >= 11 is 0. The minimum atomic E-state index is -0.373. The predicted molar refractivity (Wildman–Crippen MR) is 97.5 cm³/mol. The smallest absolute Gasteiger partial charge is 0.263 e. The third kappa shape index (κ3) is 3.19. The summed E-state index contributed by atoms with van der Waals surface area (Å²) in [5.74, 6) is 1.28. The van der Waals surface area contributed by atoms with Gasteiger partial charge in [-0.3, -0.25) is 9.59 Å². The van der Waals surface area contributed by atoms with Crippen LogP contribution in [0.25, 0.3) is 0 Å². The van der Waals surface area contributed by atoms with Gasteiger partial charge < -0.3 is 19.2 Å². The molecule has 0 radical (unpaired) electrons. The van der Waals surface area contributed by atoms with E-state index in [-0.39, 0.29) is 23.1 Å². The molecule has 0 aliphatic carbocycles. The molecule has 0 saturated carbocycles. The molecule has 4 heterocycles. The van der Waals surface area contributed by atoms with Crippen LogP contribution in [0.3, 0.4) is 0 Å². The van der Waals surface area contributed by atoms with E-state index in [9.17, 15) is 9.59 Å². The van der Waals surface area contributed by atoms with Gasteiger partial charge in [0.15, 0.2) is 0 Å². The third-order valence-corrected chi connectivity index (χ3v) is 5.24. The lowest BCUT2D eigenvalue weighted by Crippen LogP contribution is -2.33. The molecule has 1 unspecified atom stereocenters. The van der Waals surface area contributed by atoms with Gasteiger partial charge in [0.2, 0.25) is 0 Å². The highest BCUT2D eigenvalue weighted by molar-refractivity contribution is 6.04. The number of aromatic nitrogens is 3. The van der Waals surface area contributed by atoms with Crippen molar-refractivity contribution < 1.29 is 9.53 Å². The van der Waals surface area contributed by atoms with Crippen LogP contribution >= 0.6 is 0 Å². The summed E-state index contributed by atoms with van der Waals surface area (Å²) in [4.78, 5) is 30.1. The topological polar surface area (TPSA) is 78.2 Å². The van der Waals surface area contributed by atoms with E-state index in [0.717, 1.165) is 51.1 Å². The Morgan fingerprint density at radius 2 is 2.27 bits per heavy atom. The summed E-state index contributed by atoms with van der Waals surface area (Å²) in [5.41, 5.74) is 0.600. The fourth-order valence-electron chi connectivity index (χ4n) is 3.79. The van der Waals surface area contributed by atoms with Crippen LogP contribution in [0, 0.1) is 6.92 Å². The fraction of sp³-hybridized carbons (Fsp3) is 0.526. The van der Waals surface area contributed by atoms with Crippen molar-refractivity contribution in [3.05, 3.63) is 45.8 Å². The van der Waals surface area contributed by atoms with Gasteiger partial charge in [-0.25, -0.2) is 4.98 Å². The fourth-order valence-corrected chi connectivity index (χ4v) is 3.79. The molecule has 1 N–H and O–H groups in total. The summed E-state index contributed by atoms with van der Waals surface area (Å²) in [7, 11) is 0. The van der Waals surface area contributed by atoms with E-state index in [1.807, 2.05) is 10.6 Å². The summed E-state index contributed by atoms with van der Waals surface area (Å²) < 4.78 is 9.24. The second kappa shape index (κ2) is 7.07. The molecule has 4 rings (SSSR count). The van der Waals surface area contributed by atoms with Gasteiger partial charge in [0.1, 0.15) is 17.2 Å². The number of carbonyl (C=O) groups excluding carboxylic acids is 1. The molecule has 138 valence electrons. The molecule has 1 fully saturated rings. The number of ether oxygens (including phenoxy) is 1. The Morgan fingerprint density at radius 1 is 1.38 bits per heavy atom. The predicted octanol–water partition coefficient (Wildman–Crippen LogP) is 2.12. The number of hydrogen-bond donors (Lipinski definition) is 1. The number of aryl methyl sites for hydroxylation is 2. The number of imidazole rings is 1. The van der Waals surface area contributed by atoms with Crippen LogP contribution in [-0.2, 0) is 24.2 Å². The minimum absolute atomic E-state index is 0.0492. The molecule has 0 aromatic carbocycles. The first-order valence-electron chi connectivity index (χ1n) is 9.31. The monoisotopic (exact) mass is 356 g/mol. The van der Waals surface area contributed by atoms with Crippen molar-refractivity contribution in [2.24, 2.45) is 0 Å². The molecule has 26 heavy (non-hydrogen) atoms. The van der Waals surface area contributed by atoms with Crippen molar-refractivity contribution >= 4 is 11.7 Å². The van der Waals surface area contributed by atoms with Crippen molar-refractivity contribution in [2.45, 2.75) is 58.2 Å². The lowest BCUT2D eigenvalue weighted by atomic mass is 10.1. The van der Waals surface area contributed by atoms with E-state index >= 15 is 0 Å². The van der Waals surface area contributed by atoms with Gasteiger partial charge in [-0.15, -0.1) is 0 Å². The van der Waals surface area contributed by atoms with Crippen LogP contribution in [0.2, 0.25) is 0 Å². The normalized spacial score (nSPS) is 19.3.